The Balaban J connectivity index is 1.17. The molecule has 324 valence electrons. The number of carbonyl (C=O) groups excluding carboxylic acids is 1. The number of amides is 1. The monoisotopic (exact) mass is 809 g/mol. The van der Waals surface area contributed by atoms with Crippen LogP contribution in [0.5, 0.6) is 0 Å². The Kier molecular flexibility index (Phi) is 11.2. The topological polar surface area (TPSA) is 259 Å². The third kappa shape index (κ3) is 6.39. The van der Waals surface area contributed by atoms with E-state index in [1.54, 1.807) is 0 Å². The molecule has 5 aliphatic carbocycles. The van der Waals surface area contributed by atoms with Crippen LogP contribution in [0.4, 0.5) is 0 Å². The van der Waals surface area contributed by atoms with Crippen LogP contribution < -0.4 is 5.73 Å². The van der Waals surface area contributed by atoms with Gasteiger partial charge in [-0.1, -0.05) is 53.2 Å². The number of primary amides is 1. The van der Waals surface area contributed by atoms with E-state index in [2.05, 4.69) is 33.8 Å². The summed E-state index contributed by atoms with van der Waals surface area (Å²) >= 11 is 0. The Labute approximate surface area is 334 Å². The smallest absolute Gasteiger partial charge is 0.335 e. The minimum atomic E-state index is -1.98. The number of allylic oxidation sites excluding steroid dienone is 2. The molecule has 20 unspecified atom stereocenters. The van der Waals surface area contributed by atoms with E-state index in [1.807, 2.05) is 13.8 Å². The number of fused-ring (bicyclic) bond motifs is 7. The molecule has 0 aromatic rings. The first-order valence-corrected chi connectivity index (χ1v) is 21.0. The average Bonchev–Trinajstić information content (AvgIpc) is 3.16. The Morgan fingerprint density at radius 2 is 1.47 bits per heavy atom. The maximum absolute atomic E-state index is 12.7. The van der Waals surface area contributed by atoms with E-state index in [0.29, 0.717) is 6.42 Å². The first-order chi connectivity index (χ1) is 26.5. The summed E-state index contributed by atoms with van der Waals surface area (Å²) in [6.45, 7) is 12.6. The van der Waals surface area contributed by atoms with Gasteiger partial charge in [0.2, 0.25) is 5.91 Å². The number of aliphatic hydroxyl groups is 7. The molecule has 10 N–H and O–H groups in total. The van der Waals surface area contributed by atoms with Crippen molar-refractivity contribution in [3.63, 3.8) is 0 Å². The van der Waals surface area contributed by atoms with Crippen molar-refractivity contribution in [1.29, 1.82) is 0 Å². The van der Waals surface area contributed by atoms with Gasteiger partial charge in [-0.2, -0.15) is 0 Å². The molecule has 1 amide bonds. The average molecular weight is 810 g/mol. The summed E-state index contributed by atoms with van der Waals surface area (Å²) < 4.78 is 23.8. The van der Waals surface area contributed by atoms with Gasteiger partial charge < -0.3 is 65.5 Å². The van der Waals surface area contributed by atoms with E-state index >= 15 is 0 Å². The van der Waals surface area contributed by atoms with Crippen molar-refractivity contribution >= 4 is 11.9 Å². The van der Waals surface area contributed by atoms with E-state index in [9.17, 15) is 50.4 Å². The molecule has 0 spiro atoms. The number of carbonyl (C=O) groups is 2. The predicted molar refractivity (Wildman–Crippen MR) is 201 cm³/mol. The van der Waals surface area contributed by atoms with Gasteiger partial charge in [0.1, 0.15) is 42.7 Å². The number of carboxylic acids is 1. The molecule has 4 saturated carbocycles. The standard InChI is InChI=1S/C42H67NO14/c1-37-13-14-38(2,36(43)53)17-21(37)20-7-8-24-39(3)11-10-25(40(4,19-45)23(39)9-12-42(24,6)41(20,5)16-15-37)55-35-32(29(49)28(48)31(56-35)33(51)52)57-34-30(50)27(47)26(46)22(18-44)54-34/h7,21-32,34-35,44-50H,8-19H2,1-6H3,(H2,43,53)(H,51,52). The van der Waals surface area contributed by atoms with Crippen LogP contribution in [0.15, 0.2) is 11.6 Å². The summed E-state index contributed by atoms with van der Waals surface area (Å²) in [5.74, 6) is -1.27. The minimum Gasteiger partial charge on any atom is -0.479 e. The quantitative estimate of drug-likeness (QED) is 0.124. The fourth-order valence-electron chi connectivity index (χ4n) is 13.6. The molecule has 20 atom stereocenters. The van der Waals surface area contributed by atoms with Crippen LogP contribution in [-0.4, -0.2) is 133 Å². The zero-order valence-corrected chi connectivity index (χ0v) is 34.3. The Bertz CT molecular complexity index is 1590. The lowest BCUT2D eigenvalue weighted by molar-refractivity contribution is -0.375. The van der Waals surface area contributed by atoms with Gasteiger partial charge in [-0.25, -0.2) is 4.79 Å². The highest BCUT2D eigenvalue weighted by Crippen LogP contribution is 2.76. The molecule has 15 nitrogen and oxygen atoms in total. The van der Waals surface area contributed by atoms with E-state index in [4.69, 9.17) is 24.7 Å². The first-order valence-electron chi connectivity index (χ1n) is 21.0. The Hall–Kier alpha value is -1.76. The first kappa shape index (κ1) is 43.3. The van der Waals surface area contributed by atoms with Gasteiger partial charge in [0.05, 0.1) is 19.3 Å². The van der Waals surface area contributed by atoms with Crippen LogP contribution >= 0.6 is 0 Å². The number of hydrogen-bond acceptors (Lipinski definition) is 13. The number of hydrogen-bond donors (Lipinski definition) is 9. The number of aliphatic carboxylic acids is 1. The number of aliphatic hydroxyl groups excluding tert-OH is 7. The fourth-order valence-corrected chi connectivity index (χ4v) is 13.6. The van der Waals surface area contributed by atoms with E-state index in [-0.39, 0.29) is 51.9 Å². The van der Waals surface area contributed by atoms with Gasteiger partial charge in [-0.15, -0.1) is 0 Å². The zero-order chi connectivity index (χ0) is 41.8. The van der Waals surface area contributed by atoms with Crippen molar-refractivity contribution < 1.29 is 69.4 Å². The summed E-state index contributed by atoms with van der Waals surface area (Å²) in [7, 11) is 0. The second kappa shape index (κ2) is 14.7. The van der Waals surface area contributed by atoms with Gasteiger partial charge in [-0.05, 0) is 104 Å². The lowest BCUT2D eigenvalue weighted by atomic mass is 9.33. The molecule has 0 aromatic carbocycles. The summed E-state index contributed by atoms with van der Waals surface area (Å²) in [6, 6.07) is 0. The zero-order valence-electron chi connectivity index (χ0n) is 34.3. The molecule has 0 bridgehead atoms. The van der Waals surface area contributed by atoms with Crippen LogP contribution in [0.3, 0.4) is 0 Å². The molecule has 0 radical (unpaired) electrons. The van der Waals surface area contributed by atoms with E-state index in [1.165, 1.54) is 5.57 Å². The highest BCUT2D eigenvalue weighted by molar-refractivity contribution is 5.80. The van der Waals surface area contributed by atoms with Crippen molar-refractivity contribution in [2.45, 2.75) is 173 Å². The lowest BCUT2D eigenvalue weighted by Crippen LogP contribution is -2.68. The van der Waals surface area contributed by atoms with Gasteiger partial charge in [-0.3, -0.25) is 4.79 Å². The summed E-state index contributed by atoms with van der Waals surface area (Å²) in [5.41, 5.74) is 5.81. The van der Waals surface area contributed by atoms with Gasteiger partial charge in [0.25, 0.3) is 0 Å². The maximum Gasteiger partial charge on any atom is 0.335 e. The van der Waals surface area contributed by atoms with Crippen molar-refractivity contribution in [3.05, 3.63) is 11.6 Å². The van der Waals surface area contributed by atoms with Gasteiger partial charge >= 0.3 is 5.97 Å². The number of nitrogens with two attached hydrogens (primary N) is 1. The summed E-state index contributed by atoms with van der Waals surface area (Å²) in [4.78, 5) is 24.9. The summed E-state index contributed by atoms with van der Waals surface area (Å²) in [6.07, 6.45) is -7.30. The molecule has 6 fully saturated rings. The van der Waals surface area contributed by atoms with Crippen molar-refractivity contribution in [2.75, 3.05) is 13.2 Å². The minimum absolute atomic E-state index is 0.0359. The van der Waals surface area contributed by atoms with E-state index < -0.39 is 90.9 Å². The molecule has 15 heteroatoms. The highest BCUT2D eigenvalue weighted by Gasteiger charge is 2.69. The highest BCUT2D eigenvalue weighted by atomic mass is 16.8. The molecule has 57 heavy (non-hydrogen) atoms. The fraction of sp³-hybridized carbons (Fsp3) is 0.905. The third-order valence-electron chi connectivity index (χ3n) is 17.7. The molecule has 2 saturated heterocycles. The van der Waals surface area contributed by atoms with Crippen LogP contribution in [0, 0.1) is 50.2 Å². The van der Waals surface area contributed by atoms with Crippen molar-refractivity contribution in [3.8, 4) is 0 Å². The Morgan fingerprint density at radius 1 is 0.789 bits per heavy atom. The maximum atomic E-state index is 12.7. The predicted octanol–water partition coefficient (Wildman–Crippen LogP) is 1.35. The number of rotatable bonds is 8. The molecular formula is C42H67NO14. The van der Waals surface area contributed by atoms with Crippen LogP contribution in [0.1, 0.15) is 106 Å². The van der Waals surface area contributed by atoms with E-state index in [0.717, 1.165) is 57.8 Å². The molecule has 7 rings (SSSR count). The molecule has 2 aliphatic heterocycles. The molecule has 2 heterocycles. The second-order valence-corrected chi connectivity index (χ2v) is 20.5. The van der Waals surface area contributed by atoms with Gasteiger partial charge in [0, 0.05) is 10.8 Å². The number of ether oxygens (including phenoxy) is 4. The van der Waals surface area contributed by atoms with Crippen molar-refractivity contribution in [2.24, 2.45) is 56.0 Å². The summed E-state index contributed by atoms with van der Waals surface area (Å²) in [5, 5.41) is 84.5. The Morgan fingerprint density at radius 3 is 2.11 bits per heavy atom. The SMILES string of the molecule is CC1(C(N)=O)CCC2(C)CCC3(C)C(=CCC4C5(C)CCC(OC6OC(C(=O)O)C(O)C(O)C6OC6OC(CO)C(O)C(O)C6O)C(C)(CO)C5CCC43C)C2C1. The lowest BCUT2D eigenvalue weighted by Gasteiger charge is -2.71. The normalized spacial score (nSPS) is 55.0. The second-order valence-electron chi connectivity index (χ2n) is 20.5. The molecular weight excluding hydrogens is 742 g/mol. The van der Waals surface area contributed by atoms with Crippen molar-refractivity contribution in [1.82, 2.24) is 0 Å². The largest absolute Gasteiger partial charge is 0.479 e. The van der Waals surface area contributed by atoms with Gasteiger partial charge in [0.15, 0.2) is 18.7 Å². The third-order valence-corrected chi connectivity index (χ3v) is 17.7. The molecule has 7 aliphatic rings. The van der Waals surface area contributed by atoms with Crippen LogP contribution in [-0.2, 0) is 28.5 Å². The molecule has 0 aromatic heterocycles. The van der Waals surface area contributed by atoms with Crippen LogP contribution in [0.25, 0.3) is 0 Å². The number of carboxylic acid groups (broad SMARTS) is 1. The van der Waals surface area contributed by atoms with Crippen LogP contribution in [0.2, 0.25) is 0 Å².